The molecule has 1 N–H and O–H groups in total. The Labute approximate surface area is 109 Å². The quantitative estimate of drug-likeness (QED) is 0.759. The van der Waals surface area contributed by atoms with Crippen molar-refractivity contribution in [3.63, 3.8) is 0 Å². The first-order valence-corrected chi connectivity index (χ1v) is 6.80. The molecule has 2 amide bonds. The molecular weight excluding hydrogens is 232 g/mol. The number of carboxylic acid groups (broad SMARTS) is 1. The van der Waals surface area contributed by atoms with Crippen LogP contribution in [-0.2, 0) is 4.79 Å². The molecule has 18 heavy (non-hydrogen) atoms. The highest BCUT2D eigenvalue weighted by molar-refractivity contribution is 5.76. The van der Waals surface area contributed by atoms with E-state index in [1.807, 2.05) is 18.7 Å². The maximum atomic E-state index is 12.4. The van der Waals surface area contributed by atoms with Gasteiger partial charge in [0.1, 0.15) is 0 Å². The van der Waals surface area contributed by atoms with E-state index < -0.39 is 5.97 Å². The van der Waals surface area contributed by atoms with Gasteiger partial charge in [-0.05, 0) is 33.1 Å². The lowest BCUT2D eigenvalue weighted by Crippen LogP contribution is -2.48. The lowest BCUT2D eigenvalue weighted by atomic mass is 10.2. The van der Waals surface area contributed by atoms with Crippen molar-refractivity contribution < 1.29 is 14.7 Å². The van der Waals surface area contributed by atoms with Gasteiger partial charge in [0.15, 0.2) is 0 Å². The summed E-state index contributed by atoms with van der Waals surface area (Å²) < 4.78 is 0. The number of hydrogen-bond acceptors (Lipinski definition) is 2. The predicted octanol–water partition coefficient (Wildman–Crippen LogP) is 2.17. The number of rotatable bonds is 7. The molecular formula is C13H24N2O3. The minimum absolute atomic E-state index is 0.00407. The van der Waals surface area contributed by atoms with Crippen LogP contribution in [-0.4, -0.2) is 52.1 Å². The van der Waals surface area contributed by atoms with Crippen LogP contribution in [0.4, 0.5) is 4.79 Å². The average molecular weight is 256 g/mol. The van der Waals surface area contributed by atoms with Crippen molar-refractivity contribution in [2.75, 3.05) is 13.1 Å². The molecule has 5 nitrogen and oxygen atoms in total. The fourth-order valence-electron chi connectivity index (χ4n) is 2.06. The molecule has 0 spiro atoms. The molecule has 1 atom stereocenters. The molecule has 1 aliphatic carbocycles. The minimum atomic E-state index is -0.847. The van der Waals surface area contributed by atoms with E-state index in [9.17, 15) is 9.59 Å². The third-order valence-corrected chi connectivity index (χ3v) is 3.51. The molecule has 0 aliphatic heterocycles. The highest BCUT2D eigenvalue weighted by Gasteiger charge is 2.35. The highest BCUT2D eigenvalue weighted by Crippen LogP contribution is 2.28. The number of urea groups is 1. The predicted molar refractivity (Wildman–Crippen MR) is 69.5 cm³/mol. The topological polar surface area (TPSA) is 60.9 Å². The Morgan fingerprint density at radius 2 is 1.94 bits per heavy atom. The van der Waals surface area contributed by atoms with E-state index in [2.05, 4.69) is 6.92 Å². The van der Waals surface area contributed by atoms with Crippen LogP contribution in [0.25, 0.3) is 0 Å². The molecule has 1 unspecified atom stereocenters. The number of carboxylic acids is 1. The SMILES string of the molecule is CCC(C)N(CC)C(=O)N(CCC(=O)O)C1CC1. The Morgan fingerprint density at radius 3 is 2.33 bits per heavy atom. The van der Waals surface area contributed by atoms with Gasteiger partial charge in [0.2, 0.25) is 0 Å². The van der Waals surface area contributed by atoms with Gasteiger partial charge in [-0.1, -0.05) is 6.92 Å². The molecule has 0 bridgehead atoms. The summed E-state index contributed by atoms with van der Waals surface area (Å²) in [7, 11) is 0. The average Bonchev–Trinajstić information content (AvgIpc) is 3.14. The van der Waals surface area contributed by atoms with E-state index in [0.717, 1.165) is 19.3 Å². The molecule has 0 aromatic heterocycles. The molecule has 1 fully saturated rings. The van der Waals surface area contributed by atoms with Gasteiger partial charge in [0.25, 0.3) is 0 Å². The van der Waals surface area contributed by atoms with E-state index in [4.69, 9.17) is 5.11 Å². The summed E-state index contributed by atoms with van der Waals surface area (Å²) >= 11 is 0. The van der Waals surface area contributed by atoms with Crippen molar-refractivity contribution in [1.29, 1.82) is 0 Å². The standard InChI is InChI=1S/C13H24N2O3/c1-4-10(3)14(5-2)13(18)15(11-6-7-11)9-8-12(16)17/h10-11H,4-9H2,1-3H3,(H,16,17). The lowest BCUT2D eigenvalue weighted by Gasteiger charge is -2.33. The summed E-state index contributed by atoms with van der Waals surface area (Å²) in [6, 6.07) is 0.458. The molecule has 104 valence electrons. The van der Waals surface area contributed by atoms with Crippen LogP contribution in [0.15, 0.2) is 0 Å². The second kappa shape index (κ2) is 6.61. The summed E-state index contributed by atoms with van der Waals surface area (Å²) in [4.78, 5) is 26.6. The number of carbonyl (C=O) groups excluding carboxylic acids is 1. The molecule has 1 aliphatic rings. The molecule has 1 saturated carbocycles. The van der Waals surface area contributed by atoms with Crippen LogP contribution in [0, 0.1) is 0 Å². The van der Waals surface area contributed by atoms with Crippen LogP contribution < -0.4 is 0 Å². The van der Waals surface area contributed by atoms with Gasteiger partial charge in [0, 0.05) is 25.2 Å². The van der Waals surface area contributed by atoms with Crippen LogP contribution >= 0.6 is 0 Å². The van der Waals surface area contributed by atoms with Gasteiger partial charge in [0.05, 0.1) is 6.42 Å². The van der Waals surface area contributed by atoms with Gasteiger partial charge >= 0.3 is 12.0 Å². The molecule has 0 aromatic rings. The summed E-state index contributed by atoms with van der Waals surface area (Å²) in [5.74, 6) is -0.847. The second-order valence-corrected chi connectivity index (χ2v) is 4.89. The minimum Gasteiger partial charge on any atom is -0.481 e. The zero-order chi connectivity index (χ0) is 13.7. The van der Waals surface area contributed by atoms with Crippen LogP contribution in [0.5, 0.6) is 0 Å². The van der Waals surface area contributed by atoms with Gasteiger partial charge < -0.3 is 14.9 Å². The van der Waals surface area contributed by atoms with E-state index in [1.165, 1.54) is 0 Å². The van der Waals surface area contributed by atoms with Gasteiger partial charge in [-0.25, -0.2) is 4.79 Å². The number of carbonyl (C=O) groups is 2. The zero-order valence-electron chi connectivity index (χ0n) is 11.6. The Bertz CT molecular complexity index is 303. The summed E-state index contributed by atoms with van der Waals surface area (Å²) in [6.07, 6.45) is 2.95. The van der Waals surface area contributed by atoms with Crippen molar-refractivity contribution in [2.45, 2.75) is 58.5 Å². The number of hydrogen-bond donors (Lipinski definition) is 1. The summed E-state index contributed by atoms with van der Waals surface area (Å²) in [5, 5.41) is 8.75. The van der Waals surface area contributed by atoms with Crippen molar-refractivity contribution in [3.05, 3.63) is 0 Å². The van der Waals surface area contributed by atoms with Crippen molar-refractivity contribution in [3.8, 4) is 0 Å². The first-order chi connectivity index (χ1) is 8.51. The third-order valence-electron chi connectivity index (χ3n) is 3.51. The van der Waals surface area contributed by atoms with Gasteiger partial charge in [-0.3, -0.25) is 4.79 Å². The number of amides is 2. The van der Waals surface area contributed by atoms with Crippen LogP contribution in [0.3, 0.4) is 0 Å². The number of nitrogens with zero attached hydrogens (tertiary/aromatic N) is 2. The maximum Gasteiger partial charge on any atom is 0.320 e. The van der Waals surface area contributed by atoms with Crippen LogP contribution in [0.1, 0.15) is 46.5 Å². The monoisotopic (exact) mass is 256 g/mol. The van der Waals surface area contributed by atoms with E-state index in [0.29, 0.717) is 13.1 Å². The van der Waals surface area contributed by atoms with Gasteiger partial charge in [-0.15, -0.1) is 0 Å². The summed E-state index contributed by atoms with van der Waals surface area (Å²) in [5.41, 5.74) is 0. The zero-order valence-corrected chi connectivity index (χ0v) is 11.6. The smallest absolute Gasteiger partial charge is 0.320 e. The molecule has 0 heterocycles. The van der Waals surface area contributed by atoms with E-state index in [-0.39, 0.29) is 24.5 Å². The third kappa shape index (κ3) is 3.89. The first kappa shape index (κ1) is 14.8. The highest BCUT2D eigenvalue weighted by atomic mass is 16.4. The van der Waals surface area contributed by atoms with Crippen molar-refractivity contribution >= 4 is 12.0 Å². The molecule has 0 radical (unpaired) electrons. The Kier molecular flexibility index (Phi) is 5.44. The fraction of sp³-hybridized carbons (Fsp3) is 0.846. The van der Waals surface area contributed by atoms with Gasteiger partial charge in [-0.2, -0.15) is 0 Å². The van der Waals surface area contributed by atoms with Crippen molar-refractivity contribution in [2.24, 2.45) is 0 Å². The Hall–Kier alpha value is -1.26. The molecule has 0 saturated heterocycles. The second-order valence-electron chi connectivity index (χ2n) is 4.89. The van der Waals surface area contributed by atoms with Crippen LogP contribution in [0.2, 0.25) is 0 Å². The first-order valence-electron chi connectivity index (χ1n) is 6.80. The van der Waals surface area contributed by atoms with E-state index >= 15 is 0 Å². The van der Waals surface area contributed by atoms with Crippen molar-refractivity contribution in [1.82, 2.24) is 9.80 Å². The summed E-state index contributed by atoms with van der Waals surface area (Å²) in [6.45, 7) is 7.05. The number of aliphatic carboxylic acids is 1. The largest absolute Gasteiger partial charge is 0.481 e. The van der Waals surface area contributed by atoms with E-state index in [1.54, 1.807) is 4.90 Å². The fourth-order valence-corrected chi connectivity index (χ4v) is 2.06. The molecule has 5 heteroatoms. The molecule has 0 aromatic carbocycles. The molecule has 1 rings (SSSR count). The Balaban J connectivity index is 2.65. The normalized spacial score (nSPS) is 16.2. The lowest BCUT2D eigenvalue weighted by molar-refractivity contribution is -0.137. The Morgan fingerprint density at radius 1 is 1.33 bits per heavy atom. The maximum absolute atomic E-state index is 12.4.